The van der Waals surface area contributed by atoms with Crippen LogP contribution in [0.25, 0.3) is 0 Å². The molecule has 0 aliphatic carbocycles. The highest BCUT2D eigenvalue weighted by atomic mass is 16.7. The van der Waals surface area contributed by atoms with Crippen LogP contribution in [-0.2, 0) is 9.47 Å². The molecule has 8 heteroatoms. The Bertz CT molecular complexity index is 351. The second kappa shape index (κ2) is 7.52. The van der Waals surface area contributed by atoms with Crippen LogP contribution in [0.2, 0.25) is 0 Å². The van der Waals surface area contributed by atoms with Gasteiger partial charge in [-0.1, -0.05) is 0 Å². The molecule has 8 nitrogen and oxygen atoms in total. The van der Waals surface area contributed by atoms with Crippen molar-refractivity contribution in [3.05, 3.63) is 11.6 Å². The number of nitrogens with zero attached hydrogens (tertiary/aromatic N) is 1. The number of hydrogen-bond acceptors (Lipinski definition) is 8. The lowest BCUT2D eigenvalue weighted by Crippen LogP contribution is -2.59. The van der Waals surface area contributed by atoms with E-state index in [2.05, 4.69) is 0 Å². The van der Waals surface area contributed by atoms with Gasteiger partial charge in [-0.2, -0.15) is 5.26 Å². The van der Waals surface area contributed by atoms with E-state index in [1.807, 2.05) is 0 Å². The largest absolute Gasteiger partial charge is 0.394 e. The second-order valence-corrected chi connectivity index (χ2v) is 4.03. The van der Waals surface area contributed by atoms with Crippen LogP contribution in [0.1, 0.15) is 0 Å². The van der Waals surface area contributed by atoms with Gasteiger partial charge < -0.3 is 35.0 Å². The molecule has 1 heterocycles. The molecule has 0 aromatic carbocycles. The molecule has 0 amide bonds. The van der Waals surface area contributed by atoms with Gasteiger partial charge in [0, 0.05) is 0 Å². The Morgan fingerprint density at radius 2 is 1.89 bits per heavy atom. The summed E-state index contributed by atoms with van der Waals surface area (Å²) in [5.41, 5.74) is 0.0876. The number of rotatable bonds is 5. The van der Waals surface area contributed by atoms with Crippen molar-refractivity contribution in [2.24, 2.45) is 0 Å². The van der Waals surface area contributed by atoms with E-state index < -0.39 is 43.9 Å². The first-order valence-electron chi connectivity index (χ1n) is 5.67. The fourth-order valence-corrected chi connectivity index (χ4v) is 1.59. The molecule has 0 bridgehead atoms. The Morgan fingerprint density at radius 3 is 2.42 bits per heavy atom. The van der Waals surface area contributed by atoms with E-state index >= 15 is 0 Å². The molecule has 5 N–H and O–H groups in total. The summed E-state index contributed by atoms with van der Waals surface area (Å²) in [7, 11) is 0. The summed E-state index contributed by atoms with van der Waals surface area (Å²) in [5.74, 6) is 0. The van der Waals surface area contributed by atoms with E-state index in [1.165, 1.54) is 6.08 Å². The zero-order chi connectivity index (χ0) is 14.4. The summed E-state index contributed by atoms with van der Waals surface area (Å²) in [6, 6.07) is 1.73. The van der Waals surface area contributed by atoms with Crippen LogP contribution in [0.4, 0.5) is 0 Å². The van der Waals surface area contributed by atoms with Crippen LogP contribution >= 0.6 is 0 Å². The zero-order valence-corrected chi connectivity index (χ0v) is 10.1. The van der Waals surface area contributed by atoms with Gasteiger partial charge in [0.1, 0.15) is 24.4 Å². The highest BCUT2D eigenvalue weighted by Gasteiger charge is 2.43. The van der Waals surface area contributed by atoms with E-state index in [4.69, 9.17) is 24.9 Å². The molecule has 19 heavy (non-hydrogen) atoms. The predicted octanol–water partition coefficient (Wildman–Crippen LogP) is -2.75. The summed E-state index contributed by atoms with van der Waals surface area (Å²) < 4.78 is 10.2. The summed E-state index contributed by atoms with van der Waals surface area (Å²) in [4.78, 5) is 0. The molecular weight excluding hydrogens is 258 g/mol. The van der Waals surface area contributed by atoms with Crippen molar-refractivity contribution in [3.63, 3.8) is 0 Å². The van der Waals surface area contributed by atoms with E-state index in [1.54, 1.807) is 6.07 Å². The van der Waals surface area contributed by atoms with Crippen molar-refractivity contribution in [2.45, 2.75) is 30.7 Å². The van der Waals surface area contributed by atoms with Crippen molar-refractivity contribution in [1.82, 2.24) is 0 Å². The molecule has 0 saturated carbocycles. The minimum Gasteiger partial charge on any atom is -0.394 e. The molecule has 0 unspecified atom stereocenters. The van der Waals surface area contributed by atoms with E-state index in [9.17, 15) is 15.3 Å². The number of aliphatic hydroxyl groups is 5. The van der Waals surface area contributed by atoms with Crippen molar-refractivity contribution >= 4 is 0 Å². The topological polar surface area (TPSA) is 143 Å². The van der Waals surface area contributed by atoms with Crippen LogP contribution in [0.5, 0.6) is 0 Å². The monoisotopic (exact) mass is 275 g/mol. The van der Waals surface area contributed by atoms with E-state index in [0.717, 1.165) is 0 Å². The van der Waals surface area contributed by atoms with Gasteiger partial charge >= 0.3 is 0 Å². The molecule has 1 aliphatic heterocycles. The third-order valence-electron chi connectivity index (χ3n) is 2.75. The minimum atomic E-state index is -1.51. The molecule has 0 aromatic rings. The van der Waals surface area contributed by atoms with Gasteiger partial charge in [-0.3, -0.25) is 0 Å². The van der Waals surface area contributed by atoms with Gasteiger partial charge in [0.25, 0.3) is 0 Å². The third kappa shape index (κ3) is 3.95. The summed E-state index contributed by atoms with van der Waals surface area (Å²) in [6.45, 7) is -1.11. The molecule has 0 aromatic heterocycles. The maximum absolute atomic E-state index is 9.62. The van der Waals surface area contributed by atoms with Crippen molar-refractivity contribution in [2.75, 3.05) is 19.8 Å². The van der Waals surface area contributed by atoms with Gasteiger partial charge in [0.05, 0.1) is 31.5 Å². The molecule has 0 spiro atoms. The van der Waals surface area contributed by atoms with Crippen molar-refractivity contribution in [3.8, 4) is 6.07 Å². The van der Waals surface area contributed by atoms with E-state index in [-0.39, 0.29) is 12.2 Å². The zero-order valence-electron chi connectivity index (χ0n) is 10.1. The standard InChI is InChI=1S/C11H17NO7/c12-3-6(4-13)1-2-18-11-10(17)9(16)8(15)7(5-14)19-11/h1,7-11,13-17H,2,4-5H2/b6-1-/t7-,8-,9+,10-,11-/m1/s1. The predicted molar refractivity (Wildman–Crippen MR) is 60.5 cm³/mol. The average molecular weight is 275 g/mol. The van der Waals surface area contributed by atoms with Gasteiger partial charge in [-0.25, -0.2) is 0 Å². The lowest BCUT2D eigenvalue weighted by atomic mass is 9.99. The van der Waals surface area contributed by atoms with Gasteiger partial charge in [0.2, 0.25) is 0 Å². The maximum atomic E-state index is 9.62. The van der Waals surface area contributed by atoms with Crippen LogP contribution < -0.4 is 0 Å². The second-order valence-electron chi connectivity index (χ2n) is 4.03. The quantitative estimate of drug-likeness (QED) is 0.340. The van der Waals surface area contributed by atoms with Crippen molar-refractivity contribution < 1.29 is 35.0 Å². The number of aliphatic hydroxyl groups excluding tert-OH is 5. The van der Waals surface area contributed by atoms with Crippen LogP contribution in [0, 0.1) is 11.3 Å². The Hall–Kier alpha value is -1.05. The first-order chi connectivity index (χ1) is 9.04. The highest BCUT2D eigenvalue weighted by Crippen LogP contribution is 2.21. The fraction of sp³-hybridized carbons (Fsp3) is 0.727. The normalized spacial score (nSPS) is 36.0. The lowest BCUT2D eigenvalue weighted by molar-refractivity contribution is -0.298. The lowest BCUT2D eigenvalue weighted by Gasteiger charge is -2.39. The Morgan fingerprint density at radius 1 is 1.21 bits per heavy atom. The average Bonchev–Trinajstić information content (AvgIpc) is 2.43. The van der Waals surface area contributed by atoms with Crippen LogP contribution in [0.15, 0.2) is 11.6 Å². The molecule has 1 saturated heterocycles. The highest BCUT2D eigenvalue weighted by molar-refractivity contribution is 5.20. The van der Waals surface area contributed by atoms with Crippen LogP contribution in [0.3, 0.4) is 0 Å². The Labute approximate surface area is 109 Å². The Balaban J connectivity index is 2.58. The maximum Gasteiger partial charge on any atom is 0.187 e. The smallest absolute Gasteiger partial charge is 0.187 e. The minimum absolute atomic E-state index is 0.0876. The third-order valence-corrected chi connectivity index (χ3v) is 2.75. The first-order valence-corrected chi connectivity index (χ1v) is 5.67. The van der Waals surface area contributed by atoms with Gasteiger partial charge in [-0.15, -0.1) is 0 Å². The summed E-state index contributed by atoms with van der Waals surface area (Å²) >= 11 is 0. The fourth-order valence-electron chi connectivity index (χ4n) is 1.59. The molecule has 1 rings (SSSR count). The Kier molecular flexibility index (Phi) is 6.33. The summed E-state index contributed by atoms with van der Waals surface area (Å²) in [5, 5.41) is 54.9. The van der Waals surface area contributed by atoms with Crippen LogP contribution in [-0.4, -0.2) is 76.1 Å². The molecule has 1 fully saturated rings. The SMILES string of the molecule is N#C/C(=C/CO[C@@H]1O[C@H](CO)[C@@H](O)[C@H](O)[C@H]1O)CO. The molecule has 108 valence electrons. The number of nitriles is 1. The van der Waals surface area contributed by atoms with Crippen molar-refractivity contribution in [1.29, 1.82) is 5.26 Å². The molecule has 0 radical (unpaired) electrons. The van der Waals surface area contributed by atoms with E-state index in [0.29, 0.717) is 0 Å². The molecular formula is C11H17NO7. The molecule has 1 aliphatic rings. The van der Waals surface area contributed by atoms with Gasteiger partial charge in [0.15, 0.2) is 6.29 Å². The number of hydrogen-bond donors (Lipinski definition) is 5. The van der Waals surface area contributed by atoms with Gasteiger partial charge in [-0.05, 0) is 6.08 Å². The summed E-state index contributed by atoms with van der Waals surface area (Å²) in [6.07, 6.45) is -5.42. The number of ether oxygens (including phenoxy) is 2. The molecule has 5 atom stereocenters. The first kappa shape index (κ1) is 16.0.